The van der Waals surface area contributed by atoms with E-state index in [2.05, 4.69) is 10.6 Å². The van der Waals surface area contributed by atoms with Crippen molar-refractivity contribution >= 4 is 5.91 Å². The first-order valence-electron chi connectivity index (χ1n) is 6.03. The Bertz CT molecular complexity index is 250. The third kappa shape index (κ3) is 4.23. The summed E-state index contributed by atoms with van der Waals surface area (Å²) < 4.78 is 0. The van der Waals surface area contributed by atoms with Crippen molar-refractivity contribution in [2.24, 2.45) is 0 Å². The number of aliphatic hydroxyl groups excluding tert-OH is 3. The van der Waals surface area contributed by atoms with E-state index in [-0.39, 0.29) is 24.6 Å². The molecule has 1 heterocycles. The molecule has 0 aromatic rings. The zero-order valence-corrected chi connectivity index (χ0v) is 10.1. The number of nitrogens with one attached hydrogen (secondary N) is 2. The molecule has 0 aromatic carbocycles. The maximum atomic E-state index is 10.8. The van der Waals surface area contributed by atoms with E-state index in [1.807, 2.05) is 0 Å². The number of carbonyl (C=O) groups is 1. The normalized spacial score (nSPS) is 32.7. The van der Waals surface area contributed by atoms with Crippen LogP contribution >= 0.6 is 0 Å². The molecular weight excluding hydrogens is 224 g/mol. The van der Waals surface area contributed by atoms with Crippen LogP contribution in [0.4, 0.5) is 0 Å². The van der Waals surface area contributed by atoms with Crippen LogP contribution in [0.25, 0.3) is 0 Å². The van der Waals surface area contributed by atoms with E-state index in [0.717, 1.165) is 6.42 Å². The van der Waals surface area contributed by atoms with Crippen molar-refractivity contribution in [1.29, 1.82) is 0 Å². The second kappa shape index (κ2) is 6.90. The molecule has 4 atom stereocenters. The summed E-state index contributed by atoms with van der Waals surface area (Å²) in [7, 11) is 0. The Morgan fingerprint density at radius 1 is 1.24 bits per heavy atom. The molecule has 0 bridgehead atoms. The van der Waals surface area contributed by atoms with Gasteiger partial charge in [0.05, 0.1) is 18.2 Å². The summed E-state index contributed by atoms with van der Waals surface area (Å²) in [6.07, 6.45) is 0.519. The standard InChI is InChI=1S/C11H22N2O4/c1-7(15)12-6-9-11(17)10(16)8(13-9)4-2-3-5-14/h8-11,13-14,16-17H,2-6H2,1H3,(H,12,15)/t8-,9-,10-,11-/m1/s1. The van der Waals surface area contributed by atoms with Crippen molar-refractivity contribution in [3.05, 3.63) is 0 Å². The summed E-state index contributed by atoms with van der Waals surface area (Å²) in [6, 6.07) is -0.483. The summed E-state index contributed by atoms with van der Waals surface area (Å²) >= 11 is 0. The van der Waals surface area contributed by atoms with E-state index < -0.39 is 12.2 Å². The van der Waals surface area contributed by atoms with Crippen LogP contribution in [0.15, 0.2) is 0 Å². The van der Waals surface area contributed by atoms with Crippen molar-refractivity contribution in [3.8, 4) is 0 Å². The molecule has 1 rings (SSSR count). The fourth-order valence-electron chi connectivity index (χ4n) is 2.11. The van der Waals surface area contributed by atoms with Gasteiger partial charge in [0.15, 0.2) is 0 Å². The van der Waals surface area contributed by atoms with E-state index in [1.54, 1.807) is 0 Å². The molecule has 0 spiro atoms. The van der Waals surface area contributed by atoms with Gasteiger partial charge in [-0.05, 0) is 19.3 Å². The maximum absolute atomic E-state index is 10.8. The molecule has 6 nitrogen and oxygen atoms in total. The van der Waals surface area contributed by atoms with Gasteiger partial charge in [0.1, 0.15) is 0 Å². The van der Waals surface area contributed by atoms with Crippen LogP contribution < -0.4 is 10.6 Å². The Kier molecular flexibility index (Phi) is 5.84. The lowest BCUT2D eigenvalue weighted by Crippen LogP contribution is -2.43. The lowest BCUT2D eigenvalue weighted by molar-refractivity contribution is -0.119. The average molecular weight is 246 g/mol. The van der Waals surface area contributed by atoms with Gasteiger partial charge in [0.25, 0.3) is 0 Å². The minimum atomic E-state index is -0.860. The van der Waals surface area contributed by atoms with Crippen LogP contribution in [-0.4, -0.2) is 58.7 Å². The van der Waals surface area contributed by atoms with E-state index in [9.17, 15) is 15.0 Å². The van der Waals surface area contributed by atoms with E-state index in [1.165, 1.54) is 6.92 Å². The van der Waals surface area contributed by atoms with Crippen LogP contribution in [-0.2, 0) is 4.79 Å². The zero-order chi connectivity index (χ0) is 12.8. The monoisotopic (exact) mass is 246 g/mol. The molecule has 0 saturated carbocycles. The van der Waals surface area contributed by atoms with Gasteiger partial charge in [0.2, 0.25) is 5.91 Å². The Morgan fingerprint density at radius 3 is 2.47 bits per heavy atom. The molecule has 0 unspecified atom stereocenters. The Morgan fingerprint density at radius 2 is 1.88 bits per heavy atom. The van der Waals surface area contributed by atoms with Gasteiger partial charge in [-0.25, -0.2) is 0 Å². The van der Waals surface area contributed by atoms with E-state index in [0.29, 0.717) is 19.4 Å². The highest BCUT2D eigenvalue weighted by molar-refractivity contribution is 5.72. The molecule has 1 fully saturated rings. The Hall–Kier alpha value is -0.690. The van der Waals surface area contributed by atoms with Crippen molar-refractivity contribution < 1.29 is 20.1 Å². The molecule has 0 radical (unpaired) electrons. The number of amides is 1. The van der Waals surface area contributed by atoms with Crippen LogP contribution in [0.3, 0.4) is 0 Å². The quantitative estimate of drug-likeness (QED) is 0.361. The lowest BCUT2D eigenvalue weighted by Gasteiger charge is -2.15. The SMILES string of the molecule is CC(=O)NC[C@H]1N[C@H](CCCCO)[C@@H](O)[C@@H]1O. The summed E-state index contributed by atoms with van der Waals surface area (Å²) in [5.41, 5.74) is 0. The third-order valence-electron chi connectivity index (χ3n) is 3.10. The summed E-state index contributed by atoms with van der Waals surface area (Å²) in [4.78, 5) is 10.8. The fourth-order valence-corrected chi connectivity index (χ4v) is 2.11. The van der Waals surface area contributed by atoms with Crippen LogP contribution in [0.5, 0.6) is 0 Å². The second-order valence-corrected chi connectivity index (χ2v) is 4.52. The summed E-state index contributed by atoms with van der Waals surface area (Å²) in [5.74, 6) is -0.155. The summed E-state index contributed by atoms with van der Waals surface area (Å²) in [5, 5.41) is 34.0. The topological polar surface area (TPSA) is 102 Å². The molecule has 100 valence electrons. The van der Waals surface area contributed by atoms with E-state index >= 15 is 0 Å². The van der Waals surface area contributed by atoms with Crippen LogP contribution in [0.2, 0.25) is 0 Å². The maximum Gasteiger partial charge on any atom is 0.216 e. The van der Waals surface area contributed by atoms with E-state index in [4.69, 9.17) is 5.11 Å². The van der Waals surface area contributed by atoms with Gasteiger partial charge in [-0.15, -0.1) is 0 Å². The Labute approximate surface area is 101 Å². The van der Waals surface area contributed by atoms with Crippen LogP contribution in [0, 0.1) is 0 Å². The summed E-state index contributed by atoms with van der Waals surface area (Å²) in [6.45, 7) is 1.86. The average Bonchev–Trinajstić information content (AvgIpc) is 2.55. The molecule has 0 aliphatic carbocycles. The molecule has 1 amide bonds. The van der Waals surface area contributed by atoms with Gasteiger partial charge in [-0.2, -0.15) is 0 Å². The first-order chi connectivity index (χ1) is 8.06. The van der Waals surface area contributed by atoms with Crippen molar-refractivity contribution in [3.63, 3.8) is 0 Å². The first-order valence-corrected chi connectivity index (χ1v) is 6.03. The molecule has 1 aliphatic heterocycles. The minimum absolute atomic E-state index is 0.140. The van der Waals surface area contributed by atoms with Gasteiger partial charge in [-0.1, -0.05) is 0 Å². The molecule has 0 aromatic heterocycles. The molecule has 6 heteroatoms. The number of hydrogen-bond acceptors (Lipinski definition) is 5. The Balaban J connectivity index is 2.36. The van der Waals surface area contributed by atoms with Gasteiger partial charge in [-0.3, -0.25) is 4.79 Å². The predicted molar refractivity (Wildman–Crippen MR) is 62.3 cm³/mol. The fraction of sp³-hybridized carbons (Fsp3) is 0.909. The van der Waals surface area contributed by atoms with Crippen LogP contribution in [0.1, 0.15) is 26.2 Å². The third-order valence-corrected chi connectivity index (χ3v) is 3.10. The molecule has 1 aliphatic rings. The van der Waals surface area contributed by atoms with Gasteiger partial charge in [0, 0.05) is 26.1 Å². The van der Waals surface area contributed by atoms with Gasteiger partial charge >= 0.3 is 0 Å². The number of hydrogen-bond donors (Lipinski definition) is 5. The van der Waals surface area contributed by atoms with Crippen molar-refractivity contribution in [2.45, 2.75) is 50.5 Å². The smallest absolute Gasteiger partial charge is 0.216 e. The molecule has 1 saturated heterocycles. The largest absolute Gasteiger partial charge is 0.396 e. The molecular formula is C11H22N2O4. The number of rotatable bonds is 6. The van der Waals surface area contributed by atoms with Crippen molar-refractivity contribution in [1.82, 2.24) is 10.6 Å². The first kappa shape index (κ1) is 14.4. The minimum Gasteiger partial charge on any atom is -0.396 e. The molecule has 5 N–H and O–H groups in total. The highest BCUT2D eigenvalue weighted by Crippen LogP contribution is 2.18. The van der Waals surface area contributed by atoms with Gasteiger partial charge < -0.3 is 26.0 Å². The lowest BCUT2D eigenvalue weighted by atomic mass is 10.0. The highest BCUT2D eigenvalue weighted by Gasteiger charge is 2.40. The van der Waals surface area contributed by atoms with Crippen molar-refractivity contribution in [2.75, 3.05) is 13.2 Å². The number of aliphatic hydroxyl groups is 3. The number of unbranched alkanes of at least 4 members (excludes halogenated alkanes) is 1. The number of carbonyl (C=O) groups excluding carboxylic acids is 1. The highest BCUT2D eigenvalue weighted by atomic mass is 16.3. The second-order valence-electron chi connectivity index (χ2n) is 4.52. The molecule has 17 heavy (non-hydrogen) atoms. The zero-order valence-electron chi connectivity index (χ0n) is 10.1. The predicted octanol–water partition coefficient (Wildman–Crippen LogP) is -1.65.